The van der Waals surface area contributed by atoms with E-state index in [0.717, 1.165) is 5.56 Å². The minimum Gasteiger partial charge on any atom is -0.444 e. The maximum atomic E-state index is 11.4. The van der Waals surface area contributed by atoms with Gasteiger partial charge in [-0.3, -0.25) is 4.98 Å². The molecular formula is C15H24N2O4. The van der Waals surface area contributed by atoms with Crippen LogP contribution < -0.4 is 5.32 Å². The summed E-state index contributed by atoms with van der Waals surface area (Å²) in [6.45, 7) is 7.34. The topological polar surface area (TPSA) is 91.7 Å². The van der Waals surface area contributed by atoms with Gasteiger partial charge in [0.05, 0.1) is 11.8 Å². The fraction of sp³-hybridized carbons (Fsp3) is 0.600. The van der Waals surface area contributed by atoms with Crippen LogP contribution in [0.15, 0.2) is 18.3 Å². The third-order valence-electron chi connectivity index (χ3n) is 2.80. The van der Waals surface area contributed by atoms with Crippen LogP contribution in [0.4, 0.5) is 4.79 Å². The van der Waals surface area contributed by atoms with Gasteiger partial charge in [0.25, 0.3) is 0 Å². The average Bonchev–Trinajstić information content (AvgIpc) is 2.36. The molecule has 0 aliphatic rings. The lowest BCUT2D eigenvalue weighted by molar-refractivity contribution is 0.00956. The molecule has 0 fully saturated rings. The second-order valence-electron chi connectivity index (χ2n) is 5.94. The number of nitrogens with one attached hydrogen (secondary N) is 1. The molecule has 0 spiro atoms. The first kappa shape index (κ1) is 17.4. The molecule has 0 aliphatic heterocycles. The zero-order chi connectivity index (χ0) is 16.0. The van der Waals surface area contributed by atoms with Crippen LogP contribution in [0.1, 0.15) is 44.6 Å². The lowest BCUT2D eigenvalue weighted by Gasteiger charge is -2.21. The Morgan fingerprint density at radius 2 is 2.10 bits per heavy atom. The van der Waals surface area contributed by atoms with Gasteiger partial charge in [-0.15, -0.1) is 0 Å². The molecule has 3 N–H and O–H groups in total. The maximum Gasteiger partial charge on any atom is 0.407 e. The zero-order valence-corrected chi connectivity index (χ0v) is 13.0. The van der Waals surface area contributed by atoms with Gasteiger partial charge in [0.15, 0.2) is 0 Å². The predicted octanol–water partition coefficient (Wildman–Crippen LogP) is 1.70. The summed E-state index contributed by atoms with van der Waals surface area (Å²) in [6.07, 6.45) is -0.855. The Bertz CT molecular complexity index is 471. The van der Waals surface area contributed by atoms with E-state index in [1.165, 1.54) is 0 Å². The summed E-state index contributed by atoms with van der Waals surface area (Å²) < 4.78 is 5.08. The van der Waals surface area contributed by atoms with Crippen LogP contribution in [-0.2, 0) is 4.74 Å². The molecule has 118 valence electrons. The molecule has 2 atom stereocenters. The Morgan fingerprint density at radius 1 is 1.43 bits per heavy atom. The normalized spacial score (nSPS) is 14.4. The lowest BCUT2D eigenvalue weighted by atomic mass is 10.0. The predicted molar refractivity (Wildman–Crippen MR) is 78.8 cm³/mol. The van der Waals surface area contributed by atoms with E-state index in [1.807, 2.05) is 13.0 Å². The van der Waals surface area contributed by atoms with Crippen molar-refractivity contribution < 1.29 is 19.7 Å². The number of ether oxygens (including phenoxy) is 1. The minimum atomic E-state index is -1.08. The highest BCUT2D eigenvalue weighted by atomic mass is 16.6. The second-order valence-corrected chi connectivity index (χ2v) is 5.94. The fourth-order valence-electron chi connectivity index (χ4n) is 1.78. The molecule has 0 saturated carbocycles. The number of aromatic nitrogens is 1. The van der Waals surface area contributed by atoms with Crippen molar-refractivity contribution in [1.82, 2.24) is 10.3 Å². The van der Waals surface area contributed by atoms with E-state index in [0.29, 0.717) is 5.69 Å². The van der Waals surface area contributed by atoms with Crippen LogP contribution in [0.5, 0.6) is 0 Å². The largest absolute Gasteiger partial charge is 0.444 e. The van der Waals surface area contributed by atoms with Gasteiger partial charge in [0.2, 0.25) is 0 Å². The Hall–Kier alpha value is -1.66. The number of amides is 1. The van der Waals surface area contributed by atoms with Crippen LogP contribution >= 0.6 is 0 Å². The van der Waals surface area contributed by atoms with Crippen LogP contribution in [0.25, 0.3) is 0 Å². The highest BCUT2D eigenvalue weighted by Crippen LogP contribution is 2.19. The number of carbonyl (C=O) groups excluding carboxylic acids is 1. The van der Waals surface area contributed by atoms with Gasteiger partial charge in [0.1, 0.15) is 11.7 Å². The molecule has 1 rings (SSSR count). The maximum absolute atomic E-state index is 11.4. The molecule has 1 amide bonds. The van der Waals surface area contributed by atoms with E-state index < -0.39 is 23.9 Å². The molecule has 0 aliphatic carbocycles. The SMILES string of the molecule is Cc1cccnc1C(O)C(O)CCNC(=O)OC(C)(C)C. The fourth-order valence-corrected chi connectivity index (χ4v) is 1.78. The van der Waals surface area contributed by atoms with Crippen molar-refractivity contribution in [3.05, 3.63) is 29.6 Å². The number of nitrogens with zero attached hydrogens (tertiary/aromatic N) is 1. The van der Waals surface area contributed by atoms with Crippen LogP contribution in [0.3, 0.4) is 0 Å². The monoisotopic (exact) mass is 296 g/mol. The van der Waals surface area contributed by atoms with E-state index in [9.17, 15) is 15.0 Å². The van der Waals surface area contributed by atoms with Gasteiger partial charge in [-0.05, 0) is 45.7 Å². The highest BCUT2D eigenvalue weighted by Gasteiger charge is 2.22. The third kappa shape index (κ3) is 6.10. The highest BCUT2D eigenvalue weighted by molar-refractivity contribution is 5.67. The quantitative estimate of drug-likeness (QED) is 0.769. The average molecular weight is 296 g/mol. The lowest BCUT2D eigenvalue weighted by Crippen LogP contribution is -2.34. The number of carbonyl (C=O) groups is 1. The summed E-state index contributed by atoms with van der Waals surface area (Å²) in [6, 6.07) is 3.58. The standard InChI is InChI=1S/C15H24N2O4/c1-10-6-5-8-16-12(10)13(19)11(18)7-9-17-14(20)21-15(2,3)4/h5-6,8,11,13,18-19H,7,9H2,1-4H3,(H,17,20). The van der Waals surface area contributed by atoms with E-state index in [4.69, 9.17) is 4.74 Å². The molecule has 2 unspecified atom stereocenters. The number of alkyl carbamates (subject to hydrolysis) is 1. The Labute approximate surface area is 125 Å². The number of aryl methyl sites for hydroxylation is 1. The summed E-state index contributed by atoms with van der Waals surface area (Å²) in [4.78, 5) is 15.5. The number of hydrogen-bond donors (Lipinski definition) is 3. The van der Waals surface area contributed by atoms with Crippen molar-refractivity contribution >= 4 is 6.09 Å². The second kappa shape index (κ2) is 7.38. The first-order chi connectivity index (χ1) is 9.70. The number of aliphatic hydroxyl groups is 2. The number of aliphatic hydroxyl groups excluding tert-OH is 2. The molecular weight excluding hydrogens is 272 g/mol. The summed E-state index contributed by atoms with van der Waals surface area (Å²) in [7, 11) is 0. The van der Waals surface area contributed by atoms with E-state index in [1.54, 1.807) is 33.0 Å². The Balaban J connectivity index is 2.42. The van der Waals surface area contributed by atoms with Crippen LogP contribution in [0, 0.1) is 6.92 Å². The van der Waals surface area contributed by atoms with Gasteiger partial charge < -0.3 is 20.3 Å². The Morgan fingerprint density at radius 3 is 2.67 bits per heavy atom. The molecule has 6 heteroatoms. The van der Waals surface area contributed by atoms with Gasteiger partial charge >= 0.3 is 6.09 Å². The van der Waals surface area contributed by atoms with Gasteiger partial charge in [-0.1, -0.05) is 6.07 Å². The molecule has 0 bridgehead atoms. The van der Waals surface area contributed by atoms with Crippen molar-refractivity contribution in [3.8, 4) is 0 Å². The van der Waals surface area contributed by atoms with Gasteiger partial charge in [-0.2, -0.15) is 0 Å². The van der Waals surface area contributed by atoms with Crippen molar-refractivity contribution in [2.45, 2.75) is 51.9 Å². The number of hydrogen-bond acceptors (Lipinski definition) is 5. The van der Waals surface area contributed by atoms with Crippen LogP contribution in [0.2, 0.25) is 0 Å². The Kier molecular flexibility index (Phi) is 6.11. The van der Waals surface area contributed by atoms with Crippen LogP contribution in [-0.4, -0.2) is 39.5 Å². The first-order valence-corrected chi connectivity index (χ1v) is 6.95. The summed E-state index contributed by atoms with van der Waals surface area (Å²) >= 11 is 0. The van der Waals surface area contributed by atoms with E-state index in [-0.39, 0.29) is 13.0 Å². The molecule has 1 aromatic heterocycles. The van der Waals surface area contributed by atoms with Crippen molar-refractivity contribution in [3.63, 3.8) is 0 Å². The molecule has 21 heavy (non-hydrogen) atoms. The number of pyridine rings is 1. The van der Waals surface area contributed by atoms with E-state index in [2.05, 4.69) is 10.3 Å². The smallest absolute Gasteiger partial charge is 0.407 e. The first-order valence-electron chi connectivity index (χ1n) is 6.95. The molecule has 0 saturated heterocycles. The zero-order valence-electron chi connectivity index (χ0n) is 13.0. The third-order valence-corrected chi connectivity index (χ3v) is 2.80. The van der Waals surface area contributed by atoms with Crippen molar-refractivity contribution in [1.29, 1.82) is 0 Å². The summed E-state index contributed by atoms with van der Waals surface area (Å²) in [5.74, 6) is 0. The summed E-state index contributed by atoms with van der Waals surface area (Å²) in [5, 5.41) is 22.6. The number of rotatable bonds is 5. The van der Waals surface area contributed by atoms with Crippen molar-refractivity contribution in [2.75, 3.05) is 6.54 Å². The summed E-state index contributed by atoms with van der Waals surface area (Å²) in [5.41, 5.74) is 0.694. The molecule has 0 radical (unpaired) electrons. The molecule has 1 heterocycles. The molecule has 6 nitrogen and oxygen atoms in total. The van der Waals surface area contributed by atoms with E-state index >= 15 is 0 Å². The minimum absolute atomic E-state index is 0.205. The molecule has 0 aromatic carbocycles. The van der Waals surface area contributed by atoms with Gasteiger partial charge in [-0.25, -0.2) is 4.79 Å². The molecule has 1 aromatic rings. The van der Waals surface area contributed by atoms with Gasteiger partial charge in [0, 0.05) is 12.7 Å². The van der Waals surface area contributed by atoms with Crippen molar-refractivity contribution in [2.24, 2.45) is 0 Å².